The molecule has 1 unspecified atom stereocenters. The smallest absolute Gasteiger partial charge is 0.411 e. The minimum atomic E-state index is -0.996. The van der Waals surface area contributed by atoms with Gasteiger partial charge in [0, 0.05) is 24.7 Å². The molecule has 0 spiro atoms. The standard InChI is InChI=1S/C47H55N3O8/c1-29-30(2)48-21-20-38(29)33-14-12-31(13-15-33)22-39(45(52)54-6)49-44(51)40-23-35-24-41-42(25-36(35)26-50(40)46(53)58-47(3,4)5)57-43(28-56-41)34-16-18-37(19-17-34)55-27-32-10-8-7-9-11-32/h12-21,24-25,32,39-40,43H,7-11,22-23,26-28H2,1-6H3,(H,49,51)/t39-,40-,43?/m0/s1. The first-order valence-corrected chi connectivity index (χ1v) is 20.4. The summed E-state index contributed by atoms with van der Waals surface area (Å²) < 4.78 is 29.8. The highest BCUT2D eigenvalue weighted by atomic mass is 16.6. The Morgan fingerprint density at radius 3 is 2.36 bits per heavy atom. The summed E-state index contributed by atoms with van der Waals surface area (Å²) in [4.78, 5) is 46.9. The molecule has 3 heterocycles. The van der Waals surface area contributed by atoms with Crippen molar-refractivity contribution < 1.29 is 38.1 Å². The van der Waals surface area contributed by atoms with Crippen molar-refractivity contribution in [3.05, 3.63) is 106 Å². The van der Waals surface area contributed by atoms with Crippen molar-refractivity contribution >= 4 is 18.0 Å². The normalized spacial score (nSPS) is 18.4. The molecule has 0 saturated heterocycles. The average Bonchev–Trinajstić information content (AvgIpc) is 3.22. The minimum Gasteiger partial charge on any atom is -0.493 e. The number of ether oxygens (including phenoxy) is 5. The van der Waals surface area contributed by atoms with Crippen molar-refractivity contribution in [3.8, 4) is 28.4 Å². The maximum Gasteiger partial charge on any atom is 0.411 e. The van der Waals surface area contributed by atoms with E-state index >= 15 is 0 Å². The van der Waals surface area contributed by atoms with Crippen molar-refractivity contribution in [2.24, 2.45) is 5.92 Å². The molecule has 4 aromatic rings. The van der Waals surface area contributed by atoms with E-state index in [1.807, 2.05) is 80.6 Å². The summed E-state index contributed by atoms with van der Waals surface area (Å²) in [7, 11) is 1.29. The highest BCUT2D eigenvalue weighted by Crippen LogP contribution is 2.41. The van der Waals surface area contributed by atoms with Gasteiger partial charge in [0.05, 0.1) is 20.3 Å². The van der Waals surface area contributed by atoms with Gasteiger partial charge in [-0.25, -0.2) is 9.59 Å². The van der Waals surface area contributed by atoms with Gasteiger partial charge in [0.15, 0.2) is 17.6 Å². The predicted octanol–water partition coefficient (Wildman–Crippen LogP) is 8.40. The summed E-state index contributed by atoms with van der Waals surface area (Å²) in [5, 5.41) is 2.91. The van der Waals surface area contributed by atoms with Gasteiger partial charge >= 0.3 is 12.1 Å². The molecule has 306 valence electrons. The molecule has 1 aromatic heterocycles. The number of carbonyl (C=O) groups is 3. The molecule has 3 atom stereocenters. The zero-order chi connectivity index (χ0) is 41.0. The van der Waals surface area contributed by atoms with Gasteiger partial charge in [-0.1, -0.05) is 55.7 Å². The lowest BCUT2D eigenvalue weighted by Crippen LogP contribution is -2.56. The molecular weight excluding hydrogens is 735 g/mol. The van der Waals surface area contributed by atoms with Crippen LogP contribution in [-0.4, -0.2) is 65.9 Å². The lowest BCUT2D eigenvalue weighted by molar-refractivity contribution is -0.145. The Hall–Kier alpha value is -5.58. The van der Waals surface area contributed by atoms with Crippen LogP contribution in [0, 0.1) is 19.8 Å². The molecule has 2 aliphatic heterocycles. The number of fused-ring (bicyclic) bond motifs is 2. The van der Waals surface area contributed by atoms with E-state index in [2.05, 4.69) is 10.3 Å². The summed E-state index contributed by atoms with van der Waals surface area (Å²) in [6, 6.07) is 19.7. The lowest BCUT2D eigenvalue weighted by atomic mass is 9.90. The van der Waals surface area contributed by atoms with E-state index in [4.69, 9.17) is 23.7 Å². The molecule has 3 aliphatic rings. The summed E-state index contributed by atoms with van der Waals surface area (Å²) in [6.45, 7) is 10.5. The number of nitrogens with one attached hydrogen (secondary N) is 1. The zero-order valence-electron chi connectivity index (χ0n) is 34.5. The maximum absolute atomic E-state index is 14.2. The third-order valence-corrected chi connectivity index (χ3v) is 11.4. The third kappa shape index (κ3) is 9.57. The van der Waals surface area contributed by atoms with Crippen LogP contribution in [0.1, 0.15) is 92.5 Å². The summed E-state index contributed by atoms with van der Waals surface area (Å²) in [6.07, 6.45) is 7.55. The number of nitrogens with zero attached hydrogens (tertiary/aromatic N) is 2. The van der Waals surface area contributed by atoms with Crippen LogP contribution in [0.25, 0.3) is 11.1 Å². The molecule has 1 fully saturated rings. The Bertz CT molecular complexity index is 2100. The first kappa shape index (κ1) is 40.6. The highest BCUT2D eigenvalue weighted by Gasteiger charge is 2.40. The van der Waals surface area contributed by atoms with Crippen LogP contribution in [0.2, 0.25) is 0 Å². The van der Waals surface area contributed by atoms with E-state index in [9.17, 15) is 14.4 Å². The van der Waals surface area contributed by atoms with Gasteiger partial charge in [0.25, 0.3) is 0 Å². The lowest BCUT2D eigenvalue weighted by Gasteiger charge is -2.38. The molecule has 3 aromatic carbocycles. The number of amides is 2. The van der Waals surface area contributed by atoms with Gasteiger partial charge < -0.3 is 29.0 Å². The van der Waals surface area contributed by atoms with Crippen LogP contribution in [0.5, 0.6) is 17.2 Å². The highest BCUT2D eigenvalue weighted by molar-refractivity contribution is 5.90. The third-order valence-electron chi connectivity index (χ3n) is 11.4. The largest absolute Gasteiger partial charge is 0.493 e. The minimum absolute atomic E-state index is 0.0922. The van der Waals surface area contributed by atoms with E-state index in [-0.39, 0.29) is 25.5 Å². The van der Waals surface area contributed by atoms with Crippen molar-refractivity contribution in [3.63, 3.8) is 0 Å². The molecule has 0 bridgehead atoms. The molecular formula is C47H55N3O8. The number of aromatic nitrogens is 1. The van der Waals surface area contributed by atoms with Crippen LogP contribution in [0.4, 0.5) is 4.79 Å². The molecule has 1 N–H and O–H groups in total. The molecule has 11 nitrogen and oxygen atoms in total. The van der Waals surface area contributed by atoms with Gasteiger partial charge in [0.2, 0.25) is 5.91 Å². The Balaban J connectivity index is 1.06. The number of benzene rings is 3. The van der Waals surface area contributed by atoms with E-state index in [1.54, 1.807) is 27.0 Å². The molecule has 1 aliphatic carbocycles. The number of aryl methyl sites for hydroxylation is 1. The van der Waals surface area contributed by atoms with Gasteiger partial charge in [-0.2, -0.15) is 0 Å². The number of hydrogen-bond acceptors (Lipinski definition) is 9. The van der Waals surface area contributed by atoms with Crippen molar-refractivity contribution in [1.82, 2.24) is 15.2 Å². The fourth-order valence-electron chi connectivity index (χ4n) is 8.02. The van der Waals surface area contributed by atoms with Crippen LogP contribution in [-0.2, 0) is 38.4 Å². The van der Waals surface area contributed by atoms with E-state index in [1.165, 1.54) is 44.1 Å². The monoisotopic (exact) mass is 789 g/mol. The first-order chi connectivity index (χ1) is 27.8. The quantitative estimate of drug-likeness (QED) is 0.158. The van der Waals surface area contributed by atoms with Gasteiger partial charge in [-0.15, -0.1) is 0 Å². The molecule has 0 radical (unpaired) electrons. The fourth-order valence-corrected chi connectivity index (χ4v) is 8.02. The van der Waals surface area contributed by atoms with Gasteiger partial charge in [-0.3, -0.25) is 14.7 Å². The van der Waals surface area contributed by atoms with Crippen LogP contribution >= 0.6 is 0 Å². The Kier molecular flexibility index (Phi) is 12.3. The SMILES string of the molecule is COC(=O)[C@H](Cc1ccc(-c2ccnc(C)c2C)cc1)NC(=O)[C@@H]1Cc2cc3c(cc2CN1C(=O)OC(C)(C)C)OC(c1ccc(OCC2CCCCC2)cc1)CO3. The summed E-state index contributed by atoms with van der Waals surface area (Å²) in [5.74, 6) is 1.52. The number of esters is 1. The molecule has 58 heavy (non-hydrogen) atoms. The number of rotatable bonds is 10. The van der Waals surface area contributed by atoms with Crippen molar-refractivity contribution in [2.45, 2.75) is 110 Å². The van der Waals surface area contributed by atoms with E-state index in [0.717, 1.165) is 57.0 Å². The fraction of sp³-hybridized carbons (Fsp3) is 0.447. The maximum atomic E-state index is 14.2. The zero-order valence-corrected chi connectivity index (χ0v) is 34.5. The number of methoxy groups -OCH3 is 1. The topological polar surface area (TPSA) is 126 Å². The van der Waals surface area contributed by atoms with Crippen LogP contribution in [0.15, 0.2) is 72.9 Å². The Morgan fingerprint density at radius 2 is 1.66 bits per heavy atom. The molecule has 1 saturated carbocycles. The van der Waals surface area contributed by atoms with E-state index in [0.29, 0.717) is 24.0 Å². The summed E-state index contributed by atoms with van der Waals surface area (Å²) >= 11 is 0. The number of carbonyl (C=O) groups excluding carboxylic acids is 3. The first-order valence-electron chi connectivity index (χ1n) is 20.4. The Morgan fingerprint density at radius 1 is 0.931 bits per heavy atom. The molecule has 7 rings (SSSR count). The van der Waals surface area contributed by atoms with Gasteiger partial charge in [0.1, 0.15) is 30.0 Å². The Labute approximate surface area is 341 Å². The summed E-state index contributed by atoms with van der Waals surface area (Å²) in [5.41, 5.74) is 6.81. The second-order valence-electron chi connectivity index (χ2n) is 16.8. The van der Waals surface area contributed by atoms with Crippen LogP contribution < -0.4 is 19.5 Å². The van der Waals surface area contributed by atoms with Crippen molar-refractivity contribution in [1.29, 1.82) is 0 Å². The second-order valence-corrected chi connectivity index (χ2v) is 16.8. The number of pyridine rings is 1. The van der Waals surface area contributed by atoms with Crippen molar-refractivity contribution in [2.75, 3.05) is 20.3 Å². The molecule has 2 amide bonds. The molecule has 11 heteroatoms. The van der Waals surface area contributed by atoms with Gasteiger partial charge in [-0.05, 0) is 123 Å². The van der Waals surface area contributed by atoms with Crippen LogP contribution in [0.3, 0.4) is 0 Å². The second kappa shape index (κ2) is 17.5. The van der Waals surface area contributed by atoms with E-state index < -0.39 is 35.7 Å². The predicted molar refractivity (Wildman–Crippen MR) is 220 cm³/mol. The number of hydrogen-bond donors (Lipinski definition) is 1. The average molecular weight is 790 g/mol.